The minimum Gasteiger partial charge on any atom is -0.397 e. The van der Waals surface area contributed by atoms with Crippen molar-refractivity contribution in [2.75, 3.05) is 5.73 Å². The van der Waals surface area contributed by atoms with Crippen molar-refractivity contribution in [2.24, 2.45) is 0 Å². The van der Waals surface area contributed by atoms with E-state index in [0.717, 1.165) is 38.3 Å². The van der Waals surface area contributed by atoms with E-state index in [1.165, 1.54) is 26.4 Å². The van der Waals surface area contributed by atoms with Gasteiger partial charge in [-0.3, -0.25) is 4.98 Å². The molecule has 0 aliphatic rings. The summed E-state index contributed by atoms with van der Waals surface area (Å²) >= 11 is 1.76. The first-order valence-electron chi connectivity index (χ1n) is 13.3. The number of nitrogen functional groups attached to an aromatic ring is 1. The van der Waals surface area contributed by atoms with Gasteiger partial charge in [-0.05, 0) is 59.2 Å². The van der Waals surface area contributed by atoms with Crippen LogP contribution in [0.15, 0.2) is 140 Å². The van der Waals surface area contributed by atoms with Crippen molar-refractivity contribution >= 4 is 48.1 Å². The van der Waals surface area contributed by atoms with Crippen molar-refractivity contribution < 1.29 is 0 Å². The molecule has 2 N–H and O–H groups in total. The smallest absolute Gasteiger partial charge is 0.0591 e. The quantitative estimate of drug-likeness (QED) is 0.171. The van der Waals surface area contributed by atoms with Gasteiger partial charge in [-0.2, -0.15) is 0 Å². The van der Waals surface area contributed by atoms with E-state index < -0.39 is 0 Å². The number of thiophene rings is 1. The predicted molar refractivity (Wildman–Crippen MR) is 171 cm³/mol. The Morgan fingerprint density at radius 1 is 0.850 bits per heavy atom. The van der Waals surface area contributed by atoms with Gasteiger partial charge in [0.15, 0.2) is 0 Å². The summed E-state index contributed by atoms with van der Waals surface area (Å²) < 4.78 is 4.62. The fraction of sp³-hybridized carbons (Fsp3) is 0.0278. The molecule has 40 heavy (non-hydrogen) atoms. The highest BCUT2D eigenvalue weighted by atomic mass is 32.1. The summed E-state index contributed by atoms with van der Waals surface area (Å²) in [6.45, 7) is 3.93. The minimum atomic E-state index is -0.0244. The lowest BCUT2D eigenvalue weighted by atomic mass is 9.84. The van der Waals surface area contributed by atoms with E-state index in [-0.39, 0.29) is 5.92 Å². The molecule has 0 saturated heterocycles. The molecule has 1 atom stereocenters. The zero-order valence-electron chi connectivity index (χ0n) is 21.9. The summed E-state index contributed by atoms with van der Waals surface area (Å²) in [4.78, 5) is 4.44. The molecule has 0 aliphatic carbocycles. The Balaban J connectivity index is 1.54. The predicted octanol–water partition coefficient (Wildman–Crippen LogP) is 9.52. The van der Waals surface area contributed by atoms with Crippen LogP contribution in [0.5, 0.6) is 0 Å². The summed E-state index contributed by atoms with van der Waals surface area (Å²) in [6.07, 6.45) is 11.9. The highest BCUT2D eigenvalue weighted by Crippen LogP contribution is 2.45. The molecule has 0 saturated carbocycles. The van der Waals surface area contributed by atoms with Crippen LogP contribution in [0.25, 0.3) is 47.9 Å². The second kappa shape index (κ2) is 9.99. The summed E-state index contributed by atoms with van der Waals surface area (Å²) in [5, 5.41) is 3.62. The van der Waals surface area contributed by atoms with Gasteiger partial charge < -0.3 is 10.3 Å². The van der Waals surface area contributed by atoms with Crippen LogP contribution in [0.1, 0.15) is 17.0 Å². The second-order valence-corrected chi connectivity index (χ2v) is 11.0. The molecule has 3 aromatic heterocycles. The van der Waals surface area contributed by atoms with E-state index >= 15 is 0 Å². The van der Waals surface area contributed by atoms with Crippen molar-refractivity contribution in [3.05, 3.63) is 152 Å². The lowest BCUT2D eigenvalue weighted by Crippen LogP contribution is -2.03. The monoisotopic (exact) mass is 533 g/mol. The summed E-state index contributed by atoms with van der Waals surface area (Å²) in [5.41, 5.74) is 14.6. The first-order valence-corrected chi connectivity index (χ1v) is 14.1. The zero-order chi connectivity index (χ0) is 27.1. The van der Waals surface area contributed by atoms with E-state index in [1.807, 2.05) is 36.7 Å². The average molecular weight is 534 g/mol. The third-order valence-electron chi connectivity index (χ3n) is 7.59. The van der Waals surface area contributed by atoms with E-state index in [1.54, 1.807) is 11.3 Å². The van der Waals surface area contributed by atoms with E-state index in [0.29, 0.717) is 0 Å². The first-order chi connectivity index (χ1) is 19.7. The Bertz CT molecular complexity index is 2030. The molecule has 0 radical (unpaired) electrons. The minimum absolute atomic E-state index is 0.0244. The molecule has 0 aliphatic heterocycles. The molecule has 0 bridgehead atoms. The van der Waals surface area contributed by atoms with Crippen LogP contribution in [-0.4, -0.2) is 9.55 Å². The Morgan fingerprint density at radius 3 is 2.52 bits per heavy atom. The van der Waals surface area contributed by atoms with Crippen molar-refractivity contribution in [3.63, 3.8) is 0 Å². The zero-order valence-corrected chi connectivity index (χ0v) is 22.7. The topological polar surface area (TPSA) is 43.8 Å². The maximum atomic E-state index is 7.05. The Labute approximate surface area is 237 Å². The molecule has 7 aromatic rings. The normalized spacial score (nSPS) is 12.5. The number of hydrogen-bond donors (Lipinski definition) is 1. The molecule has 1 unspecified atom stereocenters. The maximum Gasteiger partial charge on any atom is 0.0591 e. The summed E-state index contributed by atoms with van der Waals surface area (Å²) in [5.74, 6) is -0.0244. The highest BCUT2D eigenvalue weighted by Gasteiger charge is 2.21. The Morgan fingerprint density at radius 2 is 1.70 bits per heavy atom. The number of nitrogens with zero attached hydrogens (tertiary/aromatic N) is 2. The molecule has 4 heteroatoms. The highest BCUT2D eigenvalue weighted by molar-refractivity contribution is 7.26. The fourth-order valence-corrected chi connectivity index (χ4v) is 6.86. The van der Waals surface area contributed by atoms with E-state index in [2.05, 4.69) is 113 Å². The van der Waals surface area contributed by atoms with Gasteiger partial charge in [0.25, 0.3) is 0 Å². The SMILES string of the molecule is C=C/C=C\C(c1cccnc1)c1cc2ccn(-c3ccccc3)c2cc1-c1ccc2c(sc3ccccc32)c1N. The van der Waals surface area contributed by atoms with Gasteiger partial charge in [-0.1, -0.05) is 79.4 Å². The van der Waals surface area contributed by atoms with Gasteiger partial charge in [0, 0.05) is 56.6 Å². The number of allylic oxidation sites excluding steroid dienone is 3. The number of pyridine rings is 1. The lowest BCUT2D eigenvalue weighted by molar-refractivity contribution is 1.01. The molecular formula is C36H27N3S. The van der Waals surface area contributed by atoms with Gasteiger partial charge >= 0.3 is 0 Å². The summed E-state index contributed by atoms with van der Waals surface area (Å²) in [6, 6.07) is 34.3. The van der Waals surface area contributed by atoms with Gasteiger partial charge in [-0.25, -0.2) is 0 Å². The third kappa shape index (κ3) is 4.01. The molecule has 192 valence electrons. The number of nitrogens with two attached hydrogens (primary N) is 1. The third-order valence-corrected chi connectivity index (χ3v) is 8.81. The second-order valence-electron chi connectivity index (χ2n) is 9.91. The van der Waals surface area contributed by atoms with Crippen molar-refractivity contribution in [1.29, 1.82) is 0 Å². The van der Waals surface area contributed by atoms with Gasteiger partial charge in [0.1, 0.15) is 0 Å². The van der Waals surface area contributed by atoms with Gasteiger partial charge in [0.2, 0.25) is 0 Å². The average Bonchev–Trinajstić information content (AvgIpc) is 3.60. The van der Waals surface area contributed by atoms with Crippen LogP contribution in [0.2, 0.25) is 0 Å². The lowest BCUT2D eigenvalue weighted by Gasteiger charge is -2.20. The van der Waals surface area contributed by atoms with Crippen molar-refractivity contribution in [2.45, 2.75) is 5.92 Å². The first kappa shape index (κ1) is 24.1. The number of para-hydroxylation sites is 1. The van der Waals surface area contributed by atoms with Crippen LogP contribution in [0, 0.1) is 0 Å². The maximum absolute atomic E-state index is 7.05. The number of fused-ring (bicyclic) bond motifs is 4. The van der Waals surface area contributed by atoms with Crippen LogP contribution >= 0.6 is 11.3 Å². The Kier molecular flexibility index (Phi) is 6.03. The number of rotatable bonds is 6. The Hall–Kier alpha value is -4.93. The molecule has 4 aromatic carbocycles. The standard InChI is InChI=1S/C36H27N3S/c1-2-3-13-27(25-10-9-19-38-23-25)31-21-24-18-20-39(26-11-5-4-6-12-26)33(24)22-32(31)29-16-17-30-28-14-7-8-15-34(28)40-36(30)35(29)37/h2-23,27H,1,37H2/b13-3-. The van der Waals surface area contributed by atoms with E-state index in [9.17, 15) is 0 Å². The number of hydrogen-bond acceptors (Lipinski definition) is 3. The summed E-state index contributed by atoms with van der Waals surface area (Å²) in [7, 11) is 0. The largest absolute Gasteiger partial charge is 0.397 e. The number of aromatic nitrogens is 2. The van der Waals surface area contributed by atoms with Crippen molar-refractivity contribution in [3.8, 4) is 16.8 Å². The molecule has 0 fully saturated rings. The van der Waals surface area contributed by atoms with Crippen molar-refractivity contribution in [1.82, 2.24) is 9.55 Å². The fourth-order valence-electron chi connectivity index (χ4n) is 5.69. The molecular weight excluding hydrogens is 506 g/mol. The van der Waals surface area contributed by atoms with Crippen LogP contribution in [0.4, 0.5) is 5.69 Å². The van der Waals surface area contributed by atoms with Gasteiger partial charge in [0.05, 0.1) is 15.9 Å². The number of anilines is 1. The van der Waals surface area contributed by atoms with Crippen LogP contribution < -0.4 is 5.73 Å². The molecule has 0 amide bonds. The van der Waals surface area contributed by atoms with Gasteiger partial charge in [-0.15, -0.1) is 11.3 Å². The van der Waals surface area contributed by atoms with Crippen LogP contribution in [-0.2, 0) is 0 Å². The molecule has 0 spiro atoms. The molecule has 3 nitrogen and oxygen atoms in total. The van der Waals surface area contributed by atoms with Crippen LogP contribution in [0.3, 0.4) is 0 Å². The molecule has 3 heterocycles. The van der Waals surface area contributed by atoms with E-state index in [4.69, 9.17) is 5.73 Å². The number of benzene rings is 4. The molecule has 7 rings (SSSR count).